The molecule has 16 rings (SSSR count). The van der Waals surface area contributed by atoms with E-state index in [2.05, 4.69) is 313 Å². The highest BCUT2D eigenvalue weighted by Gasteiger charge is 2.45. The van der Waals surface area contributed by atoms with Crippen LogP contribution in [-0.2, 0) is 0 Å². The van der Waals surface area contributed by atoms with E-state index in [9.17, 15) is 0 Å². The maximum Gasteiger partial charge on any atom is 0.252 e. The lowest BCUT2D eigenvalue weighted by molar-refractivity contribution is 1.07. The Morgan fingerprint density at radius 2 is 0.530 bits per heavy atom. The molecule has 5 nitrogen and oxygen atoms in total. The summed E-state index contributed by atoms with van der Waals surface area (Å²) in [6.45, 7) is -0.119. The second-order valence-corrected chi connectivity index (χ2v) is 21.5. The van der Waals surface area contributed by atoms with Gasteiger partial charge in [0, 0.05) is 61.6 Å². The molecule has 0 aliphatic carbocycles. The predicted octanol–water partition coefficient (Wildman–Crippen LogP) is 17.9. The molecule has 386 valence electrons. The van der Waals surface area contributed by atoms with Crippen molar-refractivity contribution in [2.24, 2.45) is 0 Å². The number of anilines is 6. The first-order chi connectivity index (χ1) is 41.1. The largest absolute Gasteiger partial charge is 0.311 e. The Hall–Kier alpha value is -10.9. The third-order valence-electron chi connectivity index (χ3n) is 16.6. The minimum absolute atomic E-state index is 0.119. The standard InChI is InChI=1S/C77H50BN5/c1-7-23-51(24-8-1)57-43-58(52-25-9-2-10-26-52)46-61(45-57)75-79-76(62-47-59(53-27-11-3-12-28-53)44-60(48-62)54-29-13-4-14-30-54)81-77(80-75)63-49-70-72-71(50-63)83(65-35-17-6-18-36-65)74-67-38-22-20-32-56(67)40-42-69(74)78(72)68-41-39-55-31-19-21-37-66(55)73(68)82(70)64-33-15-5-16-34-64/h1-50H. The third-order valence-corrected chi connectivity index (χ3v) is 16.6. The maximum atomic E-state index is 5.72. The van der Waals surface area contributed by atoms with E-state index in [-0.39, 0.29) is 6.71 Å². The van der Waals surface area contributed by atoms with Crippen LogP contribution in [-0.4, -0.2) is 21.7 Å². The molecule has 0 N–H and O–H groups in total. The number of aromatic nitrogens is 3. The first-order valence-corrected chi connectivity index (χ1v) is 28.4. The highest BCUT2D eigenvalue weighted by molar-refractivity contribution is 7.00. The molecule has 0 radical (unpaired) electrons. The van der Waals surface area contributed by atoms with Crippen LogP contribution in [0.3, 0.4) is 0 Å². The van der Waals surface area contributed by atoms with Crippen LogP contribution < -0.4 is 26.2 Å². The molecular weight excluding hydrogens is 1010 g/mol. The molecule has 6 heteroatoms. The number of fused-ring (bicyclic) bond motifs is 8. The molecule has 2 aliphatic rings. The summed E-state index contributed by atoms with van der Waals surface area (Å²) in [5.74, 6) is 1.71. The maximum absolute atomic E-state index is 5.72. The number of para-hydroxylation sites is 2. The summed E-state index contributed by atoms with van der Waals surface area (Å²) < 4.78 is 0. The SMILES string of the molecule is c1ccc(-c2cc(-c3ccccc3)cc(-c3nc(-c4cc(-c5ccccc5)cc(-c5ccccc5)c4)nc(-c4cc5c6c(c4)N(c4ccccc4)c4c(ccc7ccccc47)B6c4ccc6ccccc6c4N5c4ccccc4)n3)c2)cc1. The summed E-state index contributed by atoms with van der Waals surface area (Å²) in [5, 5.41) is 4.73. The fourth-order valence-electron chi connectivity index (χ4n) is 12.8. The average molecular weight is 1060 g/mol. The molecule has 14 aromatic rings. The molecule has 0 atom stereocenters. The van der Waals surface area contributed by atoms with Gasteiger partial charge < -0.3 is 9.80 Å². The Morgan fingerprint density at radius 1 is 0.241 bits per heavy atom. The minimum atomic E-state index is -0.119. The summed E-state index contributed by atoms with van der Waals surface area (Å²) in [4.78, 5) is 22.0. The monoisotopic (exact) mass is 1060 g/mol. The molecule has 0 fully saturated rings. The van der Waals surface area contributed by atoms with Crippen molar-refractivity contribution in [3.05, 3.63) is 303 Å². The van der Waals surface area contributed by atoms with Crippen molar-refractivity contribution in [2.45, 2.75) is 0 Å². The average Bonchev–Trinajstić information content (AvgIpc) is 2.99. The molecule has 0 unspecified atom stereocenters. The Kier molecular flexibility index (Phi) is 11.6. The van der Waals surface area contributed by atoms with Gasteiger partial charge in [0.1, 0.15) is 0 Å². The van der Waals surface area contributed by atoms with Crippen LogP contribution in [0.15, 0.2) is 303 Å². The Labute approximate surface area is 482 Å². The van der Waals surface area contributed by atoms with E-state index in [1.807, 2.05) is 0 Å². The van der Waals surface area contributed by atoms with E-state index in [1.165, 1.54) is 37.9 Å². The van der Waals surface area contributed by atoms with Crippen LogP contribution in [0.1, 0.15) is 0 Å². The lowest BCUT2D eigenvalue weighted by Gasteiger charge is -2.45. The van der Waals surface area contributed by atoms with Crippen LogP contribution in [0.5, 0.6) is 0 Å². The lowest BCUT2D eigenvalue weighted by Crippen LogP contribution is -2.61. The zero-order valence-corrected chi connectivity index (χ0v) is 45.2. The van der Waals surface area contributed by atoms with Crippen LogP contribution in [0.4, 0.5) is 34.1 Å². The number of nitrogens with zero attached hydrogens (tertiary/aromatic N) is 5. The van der Waals surface area contributed by atoms with Crippen molar-refractivity contribution in [3.63, 3.8) is 0 Å². The number of hydrogen-bond acceptors (Lipinski definition) is 5. The van der Waals surface area contributed by atoms with E-state index in [0.29, 0.717) is 17.5 Å². The fourth-order valence-corrected chi connectivity index (χ4v) is 12.8. The molecule has 0 saturated heterocycles. The summed E-state index contributed by atoms with van der Waals surface area (Å²) in [7, 11) is 0. The van der Waals surface area contributed by atoms with Crippen molar-refractivity contribution in [1.82, 2.24) is 15.0 Å². The zero-order chi connectivity index (χ0) is 54.8. The Bertz CT molecular complexity index is 4380. The summed E-state index contributed by atoms with van der Waals surface area (Å²) >= 11 is 0. The van der Waals surface area contributed by atoms with Crippen LogP contribution in [0.25, 0.3) is 100 Å². The highest BCUT2D eigenvalue weighted by atomic mass is 15.2. The quantitative estimate of drug-likeness (QED) is 0.135. The van der Waals surface area contributed by atoms with Gasteiger partial charge in [-0.3, -0.25) is 0 Å². The molecule has 3 heterocycles. The molecule has 1 aromatic heterocycles. The minimum Gasteiger partial charge on any atom is -0.311 e. The van der Waals surface area contributed by atoms with E-state index in [0.717, 1.165) is 95.3 Å². The van der Waals surface area contributed by atoms with E-state index >= 15 is 0 Å². The molecule has 0 bridgehead atoms. The first kappa shape index (κ1) is 48.0. The normalized spacial score (nSPS) is 12.3. The zero-order valence-electron chi connectivity index (χ0n) is 45.2. The first-order valence-electron chi connectivity index (χ1n) is 28.4. The number of benzene rings is 13. The Morgan fingerprint density at radius 3 is 0.880 bits per heavy atom. The molecule has 2 aliphatic heterocycles. The van der Waals surface area contributed by atoms with Gasteiger partial charge in [0.15, 0.2) is 17.5 Å². The number of hydrogen-bond donors (Lipinski definition) is 0. The molecule has 0 spiro atoms. The molecule has 0 amide bonds. The van der Waals surface area contributed by atoms with E-state index in [1.54, 1.807) is 0 Å². The summed E-state index contributed by atoms with van der Waals surface area (Å²) in [6.07, 6.45) is 0. The van der Waals surface area contributed by atoms with Crippen molar-refractivity contribution in [1.29, 1.82) is 0 Å². The van der Waals surface area contributed by atoms with Gasteiger partial charge in [0.25, 0.3) is 6.71 Å². The van der Waals surface area contributed by atoms with Crippen LogP contribution in [0, 0.1) is 0 Å². The Balaban J connectivity index is 1.02. The van der Waals surface area contributed by atoms with Gasteiger partial charge in [-0.15, -0.1) is 0 Å². The molecule has 83 heavy (non-hydrogen) atoms. The van der Waals surface area contributed by atoms with Gasteiger partial charge in [-0.05, 0) is 144 Å². The van der Waals surface area contributed by atoms with Gasteiger partial charge >= 0.3 is 0 Å². The van der Waals surface area contributed by atoms with Crippen molar-refractivity contribution < 1.29 is 0 Å². The topological polar surface area (TPSA) is 45.2 Å². The third kappa shape index (κ3) is 8.38. The summed E-state index contributed by atoms with van der Waals surface area (Å²) in [6, 6.07) is 109. The van der Waals surface area contributed by atoms with Gasteiger partial charge in [-0.2, -0.15) is 0 Å². The van der Waals surface area contributed by atoms with Gasteiger partial charge in [-0.1, -0.05) is 231 Å². The molecule has 13 aromatic carbocycles. The smallest absolute Gasteiger partial charge is 0.252 e. The van der Waals surface area contributed by atoms with Gasteiger partial charge in [0.05, 0.1) is 0 Å². The van der Waals surface area contributed by atoms with Crippen molar-refractivity contribution >= 4 is 78.8 Å². The lowest BCUT2D eigenvalue weighted by atomic mass is 9.33. The van der Waals surface area contributed by atoms with E-state index < -0.39 is 0 Å². The fraction of sp³-hybridized carbons (Fsp3) is 0. The van der Waals surface area contributed by atoms with Gasteiger partial charge in [-0.25, -0.2) is 15.0 Å². The predicted molar refractivity (Wildman–Crippen MR) is 347 cm³/mol. The van der Waals surface area contributed by atoms with Crippen molar-refractivity contribution in [3.8, 4) is 78.7 Å². The summed E-state index contributed by atoms with van der Waals surface area (Å²) in [5.41, 5.74) is 21.6. The molecular formula is C77H50BN5. The van der Waals surface area contributed by atoms with E-state index in [4.69, 9.17) is 15.0 Å². The molecule has 0 saturated carbocycles. The second-order valence-electron chi connectivity index (χ2n) is 21.5. The van der Waals surface area contributed by atoms with Gasteiger partial charge in [0.2, 0.25) is 0 Å². The van der Waals surface area contributed by atoms with Crippen LogP contribution in [0.2, 0.25) is 0 Å². The second kappa shape index (κ2) is 20.0. The number of rotatable bonds is 9. The van der Waals surface area contributed by atoms with Crippen LogP contribution >= 0.6 is 0 Å². The van der Waals surface area contributed by atoms with Crippen molar-refractivity contribution in [2.75, 3.05) is 9.80 Å². The highest BCUT2D eigenvalue weighted by Crippen LogP contribution is 2.49.